The van der Waals surface area contributed by atoms with Crippen molar-refractivity contribution in [2.24, 2.45) is 0 Å². The van der Waals surface area contributed by atoms with E-state index in [-0.39, 0.29) is 22.9 Å². The van der Waals surface area contributed by atoms with Crippen molar-refractivity contribution in [1.29, 1.82) is 0 Å². The summed E-state index contributed by atoms with van der Waals surface area (Å²) >= 11 is 7.35. The van der Waals surface area contributed by atoms with Crippen molar-refractivity contribution in [3.63, 3.8) is 0 Å². The van der Waals surface area contributed by atoms with E-state index in [1.54, 1.807) is 39.8 Å². The van der Waals surface area contributed by atoms with Gasteiger partial charge in [0, 0.05) is 12.8 Å². The van der Waals surface area contributed by atoms with Crippen LogP contribution in [0.4, 0.5) is 9.93 Å². The van der Waals surface area contributed by atoms with E-state index in [4.69, 9.17) is 16.3 Å². The molecule has 2 N–H and O–H groups in total. The highest BCUT2D eigenvalue weighted by Gasteiger charge is 2.18. The monoisotopic (exact) mass is 473 g/mol. The number of aryl methyl sites for hydroxylation is 1. The molecule has 0 radical (unpaired) electrons. The summed E-state index contributed by atoms with van der Waals surface area (Å²) < 4.78 is 28.6. The third kappa shape index (κ3) is 6.96. The molecule has 0 aliphatic rings. The fraction of sp³-hybridized carbons (Fsp3) is 0.421. The van der Waals surface area contributed by atoms with Crippen molar-refractivity contribution in [3.05, 3.63) is 28.9 Å². The number of esters is 1. The second-order valence-electron chi connectivity index (χ2n) is 7.57. The molecule has 0 bridgehead atoms. The van der Waals surface area contributed by atoms with Crippen molar-refractivity contribution in [2.45, 2.75) is 44.6 Å². The number of urea groups is 1. The van der Waals surface area contributed by atoms with Crippen LogP contribution >= 0.6 is 22.9 Å². The van der Waals surface area contributed by atoms with Crippen molar-refractivity contribution >= 4 is 49.9 Å². The molecule has 0 atom stereocenters. The number of ether oxygens (including phenoxy) is 1. The first-order valence-electron chi connectivity index (χ1n) is 9.00. The molecule has 0 aliphatic heterocycles. The maximum atomic E-state index is 12.0. The molecule has 1 heterocycles. The van der Waals surface area contributed by atoms with Crippen molar-refractivity contribution in [1.82, 2.24) is 10.3 Å². The molecule has 0 aliphatic carbocycles. The highest BCUT2D eigenvalue weighted by molar-refractivity contribution is 7.90. The van der Waals surface area contributed by atoms with Gasteiger partial charge in [-0.25, -0.2) is 18.2 Å². The minimum Gasteiger partial charge on any atom is -0.460 e. The van der Waals surface area contributed by atoms with Crippen molar-refractivity contribution < 1.29 is 22.7 Å². The summed E-state index contributed by atoms with van der Waals surface area (Å²) in [6.45, 7) is 7.22. The third-order valence-electron chi connectivity index (χ3n) is 3.65. The highest BCUT2D eigenvalue weighted by Crippen LogP contribution is 2.35. The lowest BCUT2D eigenvalue weighted by atomic mass is 10.2. The Labute approximate surface area is 184 Å². The van der Waals surface area contributed by atoms with E-state index in [2.05, 4.69) is 15.6 Å². The summed E-state index contributed by atoms with van der Waals surface area (Å²) in [5.41, 5.74) is 0.782. The zero-order valence-electron chi connectivity index (χ0n) is 17.3. The molecule has 2 rings (SSSR count). The lowest BCUT2D eigenvalue weighted by molar-refractivity contribution is -0.154. The number of amides is 2. The molecule has 1 aromatic heterocycles. The topological polar surface area (TPSA) is 114 Å². The zero-order chi connectivity index (χ0) is 22.7. The Balaban J connectivity index is 2.00. The Bertz CT molecular complexity index is 1060. The predicted molar refractivity (Wildman–Crippen MR) is 118 cm³/mol. The minimum absolute atomic E-state index is 0.0535. The van der Waals surface area contributed by atoms with Crippen LogP contribution in [0.25, 0.3) is 10.4 Å². The lowest BCUT2D eigenvalue weighted by Crippen LogP contribution is -2.32. The van der Waals surface area contributed by atoms with E-state index < -0.39 is 27.4 Å². The van der Waals surface area contributed by atoms with Crippen LogP contribution in [0.1, 0.15) is 32.9 Å². The number of halogens is 1. The molecule has 8 nitrogen and oxygen atoms in total. The van der Waals surface area contributed by atoms with Gasteiger partial charge < -0.3 is 10.1 Å². The van der Waals surface area contributed by atoms with Crippen LogP contribution in [0.15, 0.2) is 23.1 Å². The highest BCUT2D eigenvalue weighted by atomic mass is 35.5. The summed E-state index contributed by atoms with van der Waals surface area (Å²) in [5.74, 6) is -0.399. The van der Waals surface area contributed by atoms with Gasteiger partial charge >= 0.3 is 12.0 Å². The van der Waals surface area contributed by atoms with Gasteiger partial charge in [-0.15, -0.1) is 0 Å². The predicted octanol–water partition coefficient (Wildman–Crippen LogP) is 4.03. The van der Waals surface area contributed by atoms with E-state index in [0.29, 0.717) is 16.4 Å². The molecule has 0 saturated heterocycles. The molecule has 0 saturated carbocycles. The Hall–Kier alpha value is -2.17. The molecule has 30 heavy (non-hydrogen) atoms. The standard InChI is InChI=1S/C19H24ClN3O5S2/c1-11-16(12-6-7-14(13(20)10-12)30(5,26)27)29-18(22-11)23-17(25)21-9-8-15(24)28-19(2,3)4/h6-7,10H,8-9H2,1-5H3,(H2,21,22,23,25). The Morgan fingerprint density at radius 1 is 1.27 bits per heavy atom. The smallest absolute Gasteiger partial charge is 0.321 e. The summed E-state index contributed by atoms with van der Waals surface area (Å²) in [4.78, 5) is 28.8. The van der Waals surface area contributed by atoms with E-state index >= 15 is 0 Å². The van der Waals surface area contributed by atoms with Gasteiger partial charge in [-0.3, -0.25) is 10.1 Å². The first kappa shape index (κ1) is 24.1. The molecule has 0 fully saturated rings. The van der Waals surface area contributed by atoms with Gasteiger partial charge in [-0.1, -0.05) is 29.0 Å². The second-order valence-corrected chi connectivity index (χ2v) is 11.0. The van der Waals surface area contributed by atoms with Crippen LogP contribution in [-0.2, 0) is 19.4 Å². The second kappa shape index (κ2) is 9.32. The molecule has 164 valence electrons. The number of thiazole rings is 1. The maximum absolute atomic E-state index is 12.0. The zero-order valence-corrected chi connectivity index (χ0v) is 19.7. The Morgan fingerprint density at radius 3 is 2.50 bits per heavy atom. The summed E-state index contributed by atoms with van der Waals surface area (Å²) in [6.07, 6.45) is 1.15. The number of carbonyl (C=O) groups is 2. The van der Waals surface area contributed by atoms with Crippen LogP contribution in [0.5, 0.6) is 0 Å². The van der Waals surface area contributed by atoms with Crippen LogP contribution < -0.4 is 10.6 Å². The Kier molecular flexibility index (Phi) is 7.49. The first-order valence-corrected chi connectivity index (χ1v) is 12.1. The largest absolute Gasteiger partial charge is 0.460 e. The Morgan fingerprint density at radius 2 is 1.93 bits per heavy atom. The number of nitrogens with one attached hydrogen (secondary N) is 2. The van der Waals surface area contributed by atoms with Gasteiger partial charge in [0.15, 0.2) is 15.0 Å². The molecular formula is C19H24ClN3O5S2. The maximum Gasteiger partial charge on any atom is 0.321 e. The summed E-state index contributed by atoms with van der Waals surface area (Å²) in [7, 11) is -3.42. The molecule has 2 amide bonds. The average molecular weight is 474 g/mol. The molecule has 2 aromatic rings. The summed E-state index contributed by atoms with van der Waals surface area (Å²) in [5, 5.41) is 5.68. The molecular weight excluding hydrogens is 450 g/mol. The van der Waals surface area contributed by atoms with E-state index in [9.17, 15) is 18.0 Å². The number of hydrogen-bond acceptors (Lipinski definition) is 7. The van der Waals surface area contributed by atoms with Crippen LogP contribution in [0.3, 0.4) is 0 Å². The quantitative estimate of drug-likeness (QED) is 0.612. The van der Waals surface area contributed by atoms with E-state index in [0.717, 1.165) is 11.1 Å². The van der Waals surface area contributed by atoms with Crippen LogP contribution in [-0.4, -0.2) is 43.8 Å². The average Bonchev–Trinajstić information content (AvgIpc) is 2.92. The van der Waals surface area contributed by atoms with Gasteiger partial charge in [-0.05, 0) is 45.4 Å². The van der Waals surface area contributed by atoms with Gasteiger partial charge in [0.25, 0.3) is 0 Å². The molecule has 0 unspecified atom stereocenters. The number of benzene rings is 1. The lowest BCUT2D eigenvalue weighted by Gasteiger charge is -2.19. The number of anilines is 1. The number of aromatic nitrogens is 1. The molecule has 1 aromatic carbocycles. The minimum atomic E-state index is -3.42. The number of rotatable bonds is 6. The normalized spacial score (nSPS) is 11.8. The van der Waals surface area contributed by atoms with Crippen molar-refractivity contribution in [2.75, 3.05) is 18.1 Å². The van der Waals surface area contributed by atoms with Crippen LogP contribution in [0, 0.1) is 6.92 Å². The SMILES string of the molecule is Cc1nc(NC(=O)NCCC(=O)OC(C)(C)C)sc1-c1ccc(S(C)(=O)=O)c(Cl)c1. The fourth-order valence-electron chi connectivity index (χ4n) is 2.47. The van der Waals surface area contributed by atoms with Gasteiger partial charge in [-0.2, -0.15) is 0 Å². The van der Waals surface area contributed by atoms with Gasteiger partial charge in [0.05, 0.1) is 26.9 Å². The third-order valence-corrected chi connectivity index (χ3v) is 6.35. The van der Waals surface area contributed by atoms with Gasteiger partial charge in [0.1, 0.15) is 5.60 Å². The van der Waals surface area contributed by atoms with Crippen LogP contribution in [0.2, 0.25) is 5.02 Å². The fourth-order valence-corrected chi connectivity index (χ4v) is 4.76. The molecule has 0 spiro atoms. The summed E-state index contributed by atoms with van der Waals surface area (Å²) in [6, 6.07) is 4.16. The first-order chi connectivity index (χ1) is 13.8. The number of nitrogens with zero attached hydrogens (tertiary/aromatic N) is 1. The molecule has 11 heteroatoms. The van der Waals surface area contributed by atoms with Crippen molar-refractivity contribution in [3.8, 4) is 10.4 Å². The number of hydrogen-bond donors (Lipinski definition) is 2. The van der Waals surface area contributed by atoms with E-state index in [1.807, 2.05) is 0 Å². The van der Waals surface area contributed by atoms with Gasteiger partial charge in [0.2, 0.25) is 0 Å². The number of carbonyl (C=O) groups excluding carboxylic acids is 2. The van der Waals surface area contributed by atoms with E-state index in [1.165, 1.54) is 17.4 Å². The number of sulfone groups is 1.